The predicted octanol–water partition coefficient (Wildman–Crippen LogP) is 3.05. The quantitative estimate of drug-likeness (QED) is 0.482. The molecule has 4 heterocycles. The van der Waals surface area contributed by atoms with Crippen LogP contribution in [0.15, 0.2) is 41.3 Å². The van der Waals surface area contributed by atoms with Gasteiger partial charge in [-0.1, -0.05) is 37.5 Å². The molecule has 2 amide bonds. The molecule has 1 aromatic heterocycles. The summed E-state index contributed by atoms with van der Waals surface area (Å²) in [4.78, 5) is 41.3. The van der Waals surface area contributed by atoms with Gasteiger partial charge in [-0.05, 0) is 31.7 Å². The van der Waals surface area contributed by atoms with Crippen molar-refractivity contribution in [3.63, 3.8) is 0 Å². The third kappa shape index (κ3) is 5.84. The number of fused-ring (bicyclic) bond motifs is 4. The van der Waals surface area contributed by atoms with E-state index in [9.17, 15) is 23.9 Å². The number of ether oxygens (including phenoxy) is 2. The van der Waals surface area contributed by atoms with Gasteiger partial charge >= 0.3 is 0 Å². The molecule has 3 aliphatic heterocycles. The van der Waals surface area contributed by atoms with E-state index in [1.165, 1.54) is 29.1 Å². The minimum atomic E-state index is -0.926. The van der Waals surface area contributed by atoms with Crippen LogP contribution in [0, 0.1) is 5.82 Å². The average molecular weight is 555 g/mol. The minimum absolute atomic E-state index is 0.0286. The molecule has 0 aliphatic carbocycles. The molecule has 0 spiro atoms. The summed E-state index contributed by atoms with van der Waals surface area (Å²) in [7, 11) is 0. The van der Waals surface area contributed by atoms with Crippen molar-refractivity contribution in [1.82, 2.24) is 14.9 Å². The maximum absolute atomic E-state index is 13.9. The Hall–Kier alpha value is -3.86. The number of amides is 2. The summed E-state index contributed by atoms with van der Waals surface area (Å²) >= 11 is 0. The standard InChI is InChI=1S/C29H35FN4O6/c30-21-11-10-20-17-31-28(37)22-18-34-25(27(36)26(22)35)29(38)32-13-15-39-19-24(32)33(34)12-8-6-4-2-1-3-5-7-9-14-40-23(20)16-21/h5,7,10-11,16,18,24,36H,1-4,6,8-9,12-15,17,19H2,(H,31,37)/b7-5-/t24-/m1/s1. The van der Waals surface area contributed by atoms with Gasteiger partial charge in [0.1, 0.15) is 23.3 Å². The molecule has 1 aromatic carbocycles. The Balaban J connectivity index is 1.48. The van der Waals surface area contributed by atoms with Crippen molar-refractivity contribution >= 4 is 11.8 Å². The highest BCUT2D eigenvalue weighted by Crippen LogP contribution is 2.27. The Labute approximate surface area is 231 Å². The zero-order valence-electron chi connectivity index (χ0n) is 22.4. The molecule has 214 valence electrons. The zero-order chi connectivity index (χ0) is 28.1. The summed E-state index contributed by atoms with van der Waals surface area (Å²) in [5, 5.41) is 15.5. The number of rotatable bonds is 0. The molecule has 1 atom stereocenters. The first kappa shape index (κ1) is 27.7. The molecular formula is C29H35FN4O6. The number of halogens is 1. The summed E-state index contributed by atoms with van der Waals surface area (Å²) in [6, 6.07) is 4.06. The number of nitrogens with one attached hydrogen (secondary N) is 1. The topological polar surface area (TPSA) is 113 Å². The number of nitrogens with zero attached hydrogens (tertiary/aromatic N) is 3. The number of hydrogen-bond acceptors (Lipinski definition) is 7. The fourth-order valence-electron chi connectivity index (χ4n) is 5.38. The highest BCUT2D eigenvalue weighted by atomic mass is 19.1. The number of hydrogen-bond donors (Lipinski definition) is 2. The van der Waals surface area contributed by atoms with Gasteiger partial charge in [0.15, 0.2) is 11.4 Å². The second-order valence-corrected chi connectivity index (χ2v) is 10.2. The monoisotopic (exact) mass is 554 g/mol. The molecule has 0 saturated carbocycles. The lowest BCUT2D eigenvalue weighted by atomic mass is 10.1. The summed E-state index contributed by atoms with van der Waals surface area (Å²) < 4.78 is 26.9. The van der Waals surface area contributed by atoms with Gasteiger partial charge in [0.2, 0.25) is 5.43 Å². The van der Waals surface area contributed by atoms with E-state index in [0.29, 0.717) is 44.0 Å². The lowest BCUT2D eigenvalue weighted by molar-refractivity contribution is -0.0173. The number of aromatic nitrogens is 1. The van der Waals surface area contributed by atoms with E-state index in [1.54, 1.807) is 4.90 Å². The average Bonchev–Trinajstić information content (AvgIpc) is 2.95. The molecule has 2 bridgehead atoms. The van der Waals surface area contributed by atoms with Gasteiger partial charge in [-0.3, -0.25) is 24.1 Å². The van der Waals surface area contributed by atoms with E-state index < -0.39 is 35.0 Å². The van der Waals surface area contributed by atoms with Crippen molar-refractivity contribution in [3.8, 4) is 11.5 Å². The number of allylic oxidation sites excluding steroid dienone is 1. The van der Waals surface area contributed by atoms with Crippen molar-refractivity contribution < 1.29 is 28.6 Å². The van der Waals surface area contributed by atoms with Gasteiger partial charge in [0.05, 0.1) is 19.8 Å². The fraction of sp³-hybridized carbons (Fsp3) is 0.483. The van der Waals surface area contributed by atoms with E-state index >= 15 is 0 Å². The van der Waals surface area contributed by atoms with Crippen LogP contribution in [0.5, 0.6) is 11.5 Å². The smallest absolute Gasteiger partial charge is 0.278 e. The van der Waals surface area contributed by atoms with Crippen LogP contribution in [0.1, 0.15) is 71.4 Å². The van der Waals surface area contributed by atoms with E-state index in [4.69, 9.17) is 9.47 Å². The normalized spacial score (nSPS) is 21.8. The second-order valence-electron chi connectivity index (χ2n) is 10.2. The summed E-state index contributed by atoms with van der Waals surface area (Å²) in [6.45, 7) is 1.85. The first-order valence-electron chi connectivity index (χ1n) is 13.9. The highest BCUT2D eigenvalue weighted by Gasteiger charge is 2.42. The molecule has 0 unspecified atom stereocenters. The molecule has 3 aliphatic rings. The van der Waals surface area contributed by atoms with Crippen molar-refractivity contribution in [2.75, 3.05) is 37.9 Å². The number of benzene rings is 1. The SMILES string of the molecule is O=C1NCc2ccc(F)cc2OCC/C=C\CCCCCCCN2[C@@H]3COCCN3C(=O)c3c(O)c(=O)c1cn32. The molecule has 40 heavy (non-hydrogen) atoms. The maximum atomic E-state index is 13.9. The van der Waals surface area contributed by atoms with Crippen LogP contribution in [0.3, 0.4) is 0 Å². The van der Waals surface area contributed by atoms with Crippen LogP contribution < -0.4 is 20.5 Å². The zero-order valence-corrected chi connectivity index (χ0v) is 22.4. The Morgan fingerprint density at radius 2 is 1.77 bits per heavy atom. The van der Waals surface area contributed by atoms with E-state index in [-0.39, 0.29) is 24.4 Å². The Bertz CT molecular complexity index is 1340. The van der Waals surface area contributed by atoms with Gasteiger partial charge in [0, 0.05) is 37.5 Å². The summed E-state index contributed by atoms with van der Waals surface area (Å²) in [5.74, 6) is -2.12. The van der Waals surface area contributed by atoms with Crippen molar-refractivity contribution in [2.45, 2.75) is 57.7 Å². The highest BCUT2D eigenvalue weighted by molar-refractivity contribution is 5.99. The fourth-order valence-corrected chi connectivity index (χ4v) is 5.38. The third-order valence-corrected chi connectivity index (χ3v) is 7.53. The minimum Gasteiger partial charge on any atom is -0.502 e. The summed E-state index contributed by atoms with van der Waals surface area (Å²) in [6.07, 6.45) is 11.7. The first-order chi connectivity index (χ1) is 19.5. The Kier molecular flexibility index (Phi) is 8.69. The number of carbonyl (C=O) groups is 2. The molecule has 2 N–H and O–H groups in total. The van der Waals surface area contributed by atoms with Crippen molar-refractivity contribution in [2.24, 2.45) is 0 Å². The largest absolute Gasteiger partial charge is 0.502 e. The lowest BCUT2D eigenvalue weighted by Gasteiger charge is -2.48. The van der Waals surface area contributed by atoms with Gasteiger partial charge in [-0.2, -0.15) is 0 Å². The van der Waals surface area contributed by atoms with Gasteiger partial charge in [0.25, 0.3) is 11.8 Å². The predicted molar refractivity (Wildman–Crippen MR) is 146 cm³/mol. The van der Waals surface area contributed by atoms with Gasteiger partial charge in [-0.15, -0.1) is 0 Å². The molecule has 1 saturated heterocycles. The maximum Gasteiger partial charge on any atom is 0.278 e. The van der Waals surface area contributed by atoms with Crippen molar-refractivity contribution in [1.29, 1.82) is 0 Å². The van der Waals surface area contributed by atoms with E-state index in [2.05, 4.69) is 17.5 Å². The van der Waals surface area contributed by atoms with Crippen LogP contribution in [0.2, 0.25) is 0 Å². The van der Waals surface area contributed by atoms with Gasteiger partial charge < -0.3 is 24.8 Å². The molecule has 0 radical (unpaired) electrons. The molecule has 10 nitrogen and oxygen atoms in total. The molecule has 5 rings (SSSR count). The van der Waals surface area contributed by atoms with Crippen LogP contribution in [-0.4, -0.2) is 65.6 Å². The number of pyridine rings is 1. The summed E-state index contributed by atoms with van der Waals surface area (Å²) in [5.41, 5.74) is -0.841. The van der Waals surface area contributed by atoms with Crippen molar-refractivity contribution in [3.05, 3.63) is 69.4 Å². The molecular weight excluding hydrogens is 519 g/mol. The van der Waals surface area contributed by atoms with E-state index in [1.807, 2.05) is 5.01 Å². The Morgan fingerprint density at radius 1 is 0.975 bits per heavy atom. The van der Waals surface area contributed by atoms with Crippen LogP contribution >= 0.6 is 0 Å². The third-order valence-electron chi connectivity index (χ3n) is 7.53. The van der Waals surface area contributed by atoms with Gasteiger partial charge in [-0.25, -0.2) is 4.39 Å². The second kappa shape index (κ2) is 12.5. The number of aromatic hydroxyl groups is 1. The molecule has 2 aromatic rings. The van der Waals surface area contributed by atoms with Crippen LogP contribution in [0.4, 0.5) is 4.39 Å². The van der Waals surface area contributed by atoms with E-state index in [0.717, 1.165) is 38.5 Å². The number of carbonyl (C=O) groups excluding carboxylic acids is 2. The molecule has 1 fully saturated rings. The Morgan fingerprint density at radius 3 is 2.65 bits per heavy atom. The van der Waals surface area contributed by atoms with Crippen LogP contribution in [-0.2, 0) is 11.3 Å². The molecule has 11 heteroatoms. The number of morpholine rings is 1. The van der Waals surface area contributed by atoms with Crippen LogP contribution in [0.25, 0.3) is 0 Å². The first-order valence-corrected chi connectivity index (χ1v) is 13.9. The lowest BCUT2D eigenvalue weighted by Crippen LogP contribution is -2.65.